The smallest absolute Gasteiger partial charge is 0.206 e. The third-order valence-corrected chi connectivity index (χ3v) is 8.62. The normalized spacial score (nSPS) is 19.8. The summed E-state index contributed by atoms with van der Waals surface area (Å²) in [5, 5.41) is 16.0. The summed E-state index contributed by atoms with van der Waals surface area (Å²) in [4.78, 5) is 20.0. The lowest BCUT2D eigenvalue weighted by atomic mass is 9.81. The van der Waals surface area contributed by atoms with Crippen molar-refractivity contribution in [1.29, 1.82) is 0 Å². The van der Waals surface area contributed by atoms with E-state index >= 15 is 0 Å². The number of hydrogen-bond acceptors (Lipinski definition) is 6. The summed E-state index contributed by atoms with van der Waals surface area (Å²) in [5.74, 6) is 0.118. The van der Waals surface area contributed by atoms with Gasteiger partial charge in [0.15, 0.2) is 5.65 Å². The van der Waals surface area contributed by atoms with Gasteiger partial charge in [0.05, 0.1) is 30.3 Å². The Labute approximate surface area is 218 Å². The van der Waals surface area contributed by atoms with E-state index in [4.69, 9.17) is 14.8 Å². The van der Waals surface area contributed by atoms with Crippen molar-refractivity contribution in [3.8, 4) is 11.1 Å². The van der Waals surface area contributed by atoms with Crippen LogP contribution < -0.4 is 0 Å². The monoisotopic (exact) mass is 502 g/mol. The predicted octanol–water partition coefficient (Wildman–Crippen LogP) is 4.92. The van der Waals surface area contributed by atoms with Crippen LogP contribution in [0.2, 0.25) is 0 Å². The van der Waals surface area contributed by atoms with E-state index in [2.05, 4.69) is 33.8 Å². The predicted molar refractivity (Wildman–Crippen MR) is 144 cm³/mol. The summed E-state index contributed by atoms with van der Waals surface area (Å²) in [7, 11) is 0. The van der Waals surface area contributed by atoms with Gasteiger partial charge >= 0.3 is 0 Å². The highest BCUT2D eigenvalue weighted by atomic mass is 16.5. The average molecular weight is 503 g/mol. The van der Waals surface area contributed by atoms with Gasteiger partial charge in [-0.15, -0.1) is 0 Å². The van der Waals surface area contributed by atoms with Gasteiger partial charge in [-0.1, -0.05) is 49.9 Å². The Morgan fingerprint density at radius 2 is 1.76 bits per heavy atom. The van der Waals surface area contributed by atoms with Crippen LogP contribution in [0.1, 0.15) is 85.1 Å². The molecule has 2 saturated carbocycles. The summed E-state index contributed by atoms with van der Waals surface area (Å²) in [5.41, 5.74) is 5.71. The van der Waals surface area contributed by atoms with Crippen LogP contribution in [-0.4, -0.2) is 70.0 Å². The third-order valence-electron chi connectivity index (χ3n) is 8.62. The molecule has 3 heterocycles. The number of morpholine rings is 1. The van der Waals surface area contributed by atoms with E-state index in [-0.39, 0.29) is 5.78 Å². The number of benzene rings is 1. The van der Waals surface area contributed by atoms with E-state index in [9.17, 15) is 9.90 Å². The molecule has 0 radical (unpaired) electrons. The van der Waals surface area contributed by atoms with E-state index in [0.29, 0.717) is 17.7 Å². The highest BCUT2D eigenvalue weighted by Crippen LogP contribution is 2.43. The highest BCUT2D eigenvalue weighted by Gasteiger charge is 2.31. The number of Topliss-reactive ketones (excluding diaryl/α,β-unsaturated/α-hetero) is 1. The lowest BCUT2D eigenvalue weighted by molar-refractivity contribution is 0.0384. The molecule has 0 spiro atoms. The van der Waals surface area contributed by atoms with Gasteiger partial charge in [-0.2, -0.15) is 5.10 Å². The molecule has 2 aromatic heterocycles. The number of ketones is 1. The molecule has 2 aliphatic carbocycles. The molecule has 1 aliphatic heterocycles. The van der Waals surface area contributed by atoms with Crippen molar-refractivity contribution < 1.29 is 14.6 Å². The molecule has 3 fully saturated rings. The minimum Gasteiger partial charge on any atom is -0.388 e. The standard InChI is InChI=1S/C30H38N4O3/c35-20-27(36)26-19-25(22-11-9-21(10-12-22)13-14-33-15-17-37-18-16-33)28-29(23-5-4-6-23)32-34(30(28)31-26)24-7-2-1-3-8-24/h9-12,19,23-24,35H,1-8,13-18,20H2. The Morgan fingerprint density at radius 3 is 2.43 bits per heavy atom. The fourth-order valence-corrected chi connectivity index (χ4v) is 6.13. The summed E-state index contributed by atoms with van der Waals surface area (Å²) < 4.78 is 7.61. The first kappa shape index (κ1) is 24.7. The van der Waals surface area contributed by atoms with E-state index in [0.717, 1.165) is 92.8 Å². The van der Waals surface area contributed by atoms with E-state index in [1.807, 2.05) is 6.07 Å². The first-order valence-corrected chi connectivity index (χ1v) is 14.2. The molecule has 0 amide bonds. The van der Waals surface area contributed by atoms with Crippen molar-refractivity contribution in [2.75, 3.05) is 39.5 Å². The molecule has 0 atom stereocenters. The van der Waals surface area contributed by atoms with Crippen LogP contribution in [0.4, 0.5) is 0 Å². The fraction of sp³-hybridized carbons (Fsp3) is 0.567. The highest BCUT2D eigenvalue weighted by molar-refractivity contribution is 6.03. The van der Waals surface area contributed by atoms with Gasteiger partial charge in [-0.25, -0.2) is 9.67 Å². The Bertz CT molecular complexity index is 1240. The minimum absolute atomic E-state index is 0.326. The van der Waals surface area contributed by atoms with E-state index in [1.54, 1.807) is 0 Å². The zero-order chi connectivity index (χ0) is 25.2. The van der Waals surface area contributed by atoms with Crippen molar-refractivity contribution in [1.82, 2.24) is 19.7 Å². The topological polar surface area (TPSA) is 80.5 Å². The molecule has 1 aromatic carbocycles. The van der Waals surface area contributed by atoms with Crippen molar-refractivity contribution in [2.24, 2.45) is 0 Å². The summed E-state index contributed by atoms with van der Waals surface area (Å²) in [6.07, 6.45) is 10.5. The molecular weight excluding hydrogens is 464 g/mol. The Morgan fingerprint density at radius 1 is 1.00 bits per heavy atom. The lowest BCUT2D eigenvalue weighted by Gasteiger charge is -2.26. The van der Waals surface area contributed by atoms with Crippen LogP contribution in [0.5, 0.6) is 0 Å². The maximum Gasteiger partial charge on any atom is 0.206 e. The zero-order valence-corrected chi connectivity index (χ0v) is 21.7. The number of ether oxygens (including phenoxy) is 1. The van der Waals surface area contributed by atoms with E-state index in [1.165, 1.54) is 31.2 Å². The van der Waals surface area contributed by atoms with Crippen molar-refractivity contribution in [3.63, 3.8) is 0 Å². The van der Waals surface area contributed by atoms with Crippen LogP contribution in [0, 0.1) is 0 Å². The van der Waals surface area contributed by atoms with Crippen molar-refractivity contribution >= 4 is 16.8 Å². The second kappa shape index (κ2) is 11.0. The maximum absolute atomic E-state index is 12.7. The summed E-state index contributed by atoms with van der Waals surface area (Å²) >= 11 is 0. The molecule has 3 aliphatic rings. The summed E-state index contributed by atoms with van der Waals surface area (Å²) in [6, 6.07) is 11.0. The van der Waals surface area contributed by atoms with Gasteiger partial charge in [-0.3, -0.25) is 9.69 Å². The van der Waals surface area contributed by atoms with Crippen LogP contribution in [0.3, 0.4) is 0 Å². The van der Waals surface area contributed by atoms with Gasteiger partial charge in [0.25, 0.3) is 0 Å². The largest absolute Gasteiger partial charge is 0.388 e. The third kappa shape index (κ3) is 5.09. The van der Waals surface area contributed by atoms with Gasteiger partial charge in [0, 0.05) is 25.6 Å². The molecule has 7 nitrogen and oxygen atoms in total. The Kier molecular flexibility index (Phi) is 7.36. The fourth-order valence-electron chi connectivity index (χ4n) is 6.13. The van der Waals surface area contributed by atoms with Gasteiger partial charge in [0.1, 0.15) is 12.3 Å². The summed E-state index contributed by atoms with van der Waals surface area (Å²) in [6.45, 7) is 4.16. The Balaban J connectivity index is 1.39. The zero-order valence-electron chi connectivity index (χ0n) is 21.7. The average Bonchev–Trinajstić information content (AvgIpc) is 3.30. The molecule has 37 heavy (non-hydrogen) atoms. The van der Waals surface area contributed by atoms with Crippen molar-refractivity contribution in [2.45, 2.75) is 69.7 Å². The van der Waals surface area contributed by atoms with Crippen LogP contribution in [0.15, 0.2) is 30.3 Å². The van der Waals surface area contributed by atoms with Crippen molar-refractivity contribution in [3.05, 3.63) is 47.3 Å². The lowest BCUT2D eigenvalue weighted by Crippen LogP contribution is -2.37. The number of aliphatic hydroxyl groups excluding tert-OH is 1. The van der Waals surface area contributed by atoms with Gasteiger partial charge in [-0.05, 0) is 54.9 Å². The second-order valence-corrected chi connectivity index (χ2v) is 11.0. The SMILES string of the molecule is O=C(CO)c1cc(-c2ccc(CCN3CCOCC3)cc2)c2c(C3CCC3)nn(C3CCCCC3)c2n1. The number of pyridine rings is 1. The number of hydrogen-bond donors (Lipinski definition) is 1. The Hall–Kier alpha value is -2.61. The number of nitrogens with zero attached hydrogens (tertiary/aromatic N) is 4. The number of carbonyl (C=O) groups is 1. The number of aromatic nitrogens is 3. The number of rotatable bonds is 8. The van der Waals surface area contributed by atoms with Gasteiger partial charge < -0.3 is 9.84 Å². The second-order valence-electron chi connectivity index (χ2n) is 11.0. The first-order chi connectivity index (χ1) is 18.2. The molecule has 0 unspecified atom stereocenters. The number of aliphatic hydroxyl groups is 1. The quantitative estimate of drug-likeness (QED) is 0.441. The molecule has 1 saturated heterocycles. The molecule has 3 aromatic rings. The molecule has 6 rings (SSSR count). The maximum atomic E-state index is 12.7. The molecule has 7 heteroatoms. The molecular formula is C30H38N4O3. The minimum atomic E-state index is -0.536. The number of fused-ring (bicyclic) bond motifs is 1. The molecule has 196 valence electrons. The van der Waals surface area contributed by atoms with Crippen LogP contribution >= 0.6 is 0 Å². The van der Waals surface area contributed by atoms with Crippen LogP contribution in [-0.2, 0) is 11.2 Å². The number of carbonyl (C=O) groups excluding carboxylic acids is 1. The molecule has 1 N–H and O–H groups in total. The van der Waals surface area contributed by atoms with Gasteiger partial charge in [0.2, 0.25) is 5.78 Å². The first-order valence-electron chi connectivity index (χ1n) is 14.2. The molecule has 0 bridgehead atoms. The van der Waals surface area contributed by atoms with E-state index < -0.39 is 6.61 Å². The van der Waals surface area contributed by atoms with Crippen LogP contribution in [0.25, 0.3) is 22.2 Å².